The van der Waals surface area contributed by atoms with Crippen LogP contribution in [0.1, 0.15) is 33.1 Å². The number of piperidine rings is 1. The number of urea groups is 1. The molecule has 0 bridgehead atoms. The number of amides is 2. The molecule has 1 fully saturated rings. The maximum absolute atomic E-state index is 11.8. The second-order valence-corrected chi connectivity index (χ2v) is 4.47. The molecule has 2 N–H and O–H groups in total. The first-order chi connectivity index (χ1) is 7.77. The van der Waals surface area contributed by atoms with Crippen LogP contribution in [0.4, 0.5) is 4.79 Å². The largest absolute Gasteiger partial charge is 0.338 e. The number of rotatable bonds is 5. The number of nitrogens with zero attached hydrogens (tertiary/aromatic N) is 1. The van der Waals surface area contributed by atoms with Gasteiger partial charge in [0.2, 0.25) is 0 Å². The maximum Gasteiger partial charge on any atom is 0.317 e. The van der Waals surface area contributed by atoms with E-state index in [0.717, 1.165) is 32.6 Å². The first kappa shape index (κ1) is 13.3. The Morgan fingerprint density at radius 2 is 2.06 bits per heavy atom. The molecule has 2 amide bonds. The second kappa shape index (κ2) is 7.49. The van der Waals surface area contributed by atoms with Crippen LogP contribution in [-0.4, -0.2) is 43.7 Å². The average molecular weight is 227 g/mol. The van der Waals surface area contributed by atoms with Gasteiger partial charge in [-0.15, -0.1) is 0 Å². The Morgan fingerprint density at radius 1 is 1.38 bits per heavy atom. The van der Waals surface area contributed by atoms with Crippen LogP contribution >= 0.6 is 0 Å². The summed E-state index contributed by atoms with van der Waals surface area (Å²) in [5, 5.41) is 6.25. The van der Waals surface area contributed by atoms with Gasteiger partial charge in [0.05, 0.1) is 0 Å². The third-order valence-electron chi connectivity index (χ3n) is 3.05. The molecule has 0 atom stereocenters. The minimum absolute atomic E-state index is 0.0999. The zero-order valence-corrected chi connectivity index (χ0v) is 10.6. The van der Waals surface area contributed by atoms with E-state index in [-0.39, 0.29) is 6.03 Å². The highest BCUT2D eigenvalue weighted by molar-refractivity contribution is 5.74. The van der Waals surface area contributed by atoms with E-state index in [1.165, 1.54) is 12.8 Å². The molecule has 0 radical (unpaired) electrons. The Labute approximate surface area is 98.8 Å². The number of hydrogen-bond acceptors (Lipinski definition) is 2. The van der Waals surface area contributed by atoms with E-state index in [0.29, 0.717) is 12.5 Å². The quantitative estimate of drug-likeness (QED) is 0.746. The standard InChI is InChI=1S/C12H25N3O/c1-3-9-15(12(16)14-4-2)10-11-5-7-13-8-6-11/h11,13H,3-10H2,1-2H3,(H,14,16). The zero-order chi connectivity index (χ0) is 11.8. The van der Waals surface area contributed by atoms with Crippen molar-refractivity contribution in [3.63, 3.8) is 0 Å². The average Bonchev–Trinajstić information content (AvgIpc) is 2.30. The molecule has 16 heavy (non-hydrogen) atoms. The van der Waals surface area contributed by atoms with Gasteiger partial charge in [0, 0.05) is 19.6 Å². The minimum Gasteiger partial charge on any atom is -0.338 e. The van der Waals surface area contributed by atoms with E-state index in [9.17, 15) is 4.79 Å². The predicted molar refractivity (Wildman–Crippen MR) is 66.5 cm³/mol. The first-order valence-electron chi connectivity index (χ1n) is 6.51. The molecule has 1 saturated heterocycles. The molecule has 1 aliphatic rings. The van der Waals surface area contributed by atoms with Gasteiger partial charge < -0.3 is 15.5 Å². The number of carbonyl (C=O) groups is 1. The second-order valence-electron chi connectivity index (χ2n) is 4.47. The molecule has 4 nitrogen and oxygen atoms in total. The Balaban J connectivity index is 2.39. The highest BCUT2D eigenvalue weighted by Crippen LogP contribution is 2.13. The summed E-state index contributed by atoms with van der Waals surface area (Å²) in [6.07, 6.45) is 3.42. The normalized spacial score (nSPS) is 17.1. The van der Waals surface area contributed by atoms with Crippen LogP contribution < -0.4 is 10.6 Å². The van der Waals surface area contributed by atoms with Gasteiger partial charge in [-0.25, -0.2) is 4.79 Å². The maximum atomic E-state index is 11.8. The van der Waals surface area contributed by atoms with Crippen LogP contribution in [0.2, 0.25) is 0 Å². The fourth-order valence-corrected chi connectivity index (χ4v) is 2.18. The van der Waals surface area contributed by atoms with E-state index in [1.807, 2.05) is 11.8 Å². The predicted octanol–water partition coefficient (Wildman–Crippen LogP) is 1.43. The highest BCUT2D eigenvalue weighted by Gasteiger charge is 2.19. The summed E-state index contributed by atoms with van der Waals surface area (Å²) in [4.78, 5) is 13.8. The van der Waals surface area contributed by atoms with Crippen molar-refractivity contribution in [3.05, 3.63) is 0 Å². The molecule has 0 spiro atoms. The van der Waals surface area contributed by atoms with Gasteiger partial charge in [-0.3, -0.25) is 0 Å². The van der Waals surface area contributed by atoms with Crippen LogP contribution in [-0.2, 0) is 0 Å². The summed E-state index contributed by atoms with van der Waals surface area (Å²) in [5.41, 5.74) is 0. The Morgan fingerprint density at radius 3 is 2.62 bits per heavy atom. The van der Waals surface area contributed by atoms with Crippen molar-refractivity contribution in [2.45, 2.75) is 33.1 Å². The Kier molecular flexibility index (Phi) is 6.23. The van der Waals surface area contributed by atoms with Crippen molar-refractivity contribution in [2.24, 2.45) is 5.92 Å². The van der Waals surface area contributed by atoms with Crippen molar-refractivity contribution < 1.29 is 4.79 Å². The number of hydrogen-bond donors (Lipinski definition) is 2. The molecule has 1 aliphatic heterocycles. The van der Waals surface area contributed by atoms with E-state index in [4.69, 9.17) is 0 Å². The van der Waals surface area contributed by atoms with Crippen LogP contribution in [0.3, 0.4) is 0 Å². The molecule has 1 rings (SSSR count). The van der Waals surface area contributed by atoms with Gasteiger partial charge >= 0.3 is 6.03 Å². The van der Waals surface area contributed by atoms with Gasteiger partial charge in [0.1, 0.15) is 0 Å². The zero-order valence-electron chi connectivity index (χ0n) is 10.6. The smallest absolute Gasteiger partial charge is 0.317 e. The molecule has 0 aromatic rings. The third-order valence-corrected chi connectivity index (χ3v) is 3.05. The summed E-state index contributed by atoms with van der Waals surface area (Å²) in [7, 11) is 0. The van der Waals surface area contributed by atoms with Crippen LogP contribution in [0.15, 0.2) is 0 Å². The lowest BCUT2D eigenvalue weighted by atomic mass is 9.97. The van der Waals surface area contributed by atoms with Crippen molar-refractivity contribution in [3.8, 4) is 0 Å². The monoisotopic (exact) mass is 227 g/mol. The minimum atomic E-state index is 0.0999. The molecule has 0 saturated carbocycles. The molecular formula is C12H25N3O. The fraction of sp³-hybridized carbons (Fsp3) is 0.917. The van der Waals surface area contributed by atoms with Gasteiger partial charge in [-0.2, -0.15) is 0 Å². The van der Waals surface area contributed by atoms with Crippen molar-refractivity contribution >= 4 is 6.03 Å². The van der Waals surface area contributed by atoms with E-state index in [1.54, 1.807) is 0 Å². The molecular weight excluding hydrogens is 202 g/mol. The lowest BCUT2D eigenvalue weighted by Crippen LogP contribution is -2.44. The Hall–Kier alpha value is -0.770. The molecule has 0 unspecified atom stereocenters. The number of nitrogens with one attached hydrogen (secondary N) is 2. The van der Waals surface area contributed by atoms with Gasteiger partial charge in [0.15, 0.2) is 0 Å². The van der Waals surface area contributed by atoms with Crippen LogP contribution in [0, 0.1) is 5.92 Å². The van der Waals surface area contributed by atoms with Crippen molar-refractivity contribution in [2.75, 3.05) is 32.7 Å². The van der Waals surface area contributed by atoms with E-state index < -0.39 is 0 Å². The molecule has 0 aliphatic carbocycles. The SMILES string of the molecule is CCCN(CC1CCNCC1)C(=O)NCC. The highest BCUT2D eigenvalue weighted by atomic mass is 16.2. The lowest BCUT2D eigenvalue weighted by Gasteiger charge is -2.30. The van der Waals surface area contributed by atoms with Crippen molar-refractivity contribution in [1.82, 2.24) is 15.5 Å². The molecule has 0 aromatic heterocycles. The molecule has 1 heterocycles. The summed E-state index contributed by atoms with van der Waals surface area (Å²) >= 11 is 0. The summed E-state index contributed by atoms with van der Waals surface area (Å²) in [5.74, 6) is 0.676. The van der Waals surface area contributed by atoms with Gasteiger partial charge in [0.25, 0.3) is 0 Å². The molecule has 0 aromatic carbocycles. The third kappa shape index (κ3) is 4.39. The van der Waals surface area contributed by atoms with E-state index in [2.05, 4.69) is 17.6 Å². The summed E-state index contributed by atoms with van der Waals surface area (Å²) < 4.78 is 0. The number of carbonyl (C=O) groups excluding carboxylic acids is 1. The topological polar surface area (TPSA) is 44.4 Å². The lowest BCUT2D eigenvalue weighted by molar-refractivity contribution is 0.180. The van der Waals surface area contributed by atoms with Gasteiger partial charge in [-0.1, -0.05) is 6.92 Å². The summed E-state index contributed by atoms with van der Waals surface area (Å²) in [6.45, 7) is 8.78. The summed E-state index contributed by atoms with van der Waals surface area (Å²) in [6, 6.07) is 0.0999. The fourth-order valence-electron chi connectivity index (χ4n) is 2.18. The van der Waals surface area contributed by atoms with Gasteiger partial charge in [-0.05, 0) is 45.2 Å². The Bertz CT molecular complexity index is 202. The molecule has 94 valence electrons. The van der Waals surface area contributed by atoms with Crippen LogP contribution in [0.25, 0.3) is 0 Å². The van der Waals surface area contributed by atoms with E-state index >= 15 is 0 Å². The molecule has 4 heteroatoms. The first-order valence-corrected chi connectivity index (χ1v) is 6.51. The van der Waals surface area contributed by atoms with Crippen molar-refractivity contribution in [1.29, 1.82) is 0 Å². The van der Waals surface area contributed by atoms with Crippen LogP contribution in [0.5, 0.6) is 0 Å².